The first-order valence-corrected chi connectivity index (χ1v) is 11.9. The van der Waals surface area contributed by atoms with Gasteiger partial charge in [0.2, 0.25) is 0 Å². The molecule has 5 fully saturated rings. The first kappa shape index (κ1) is 15.8. The van der Waals surface area contributed by atoms with E-state index in [2.05, 4.69) is 19.1 Å². The van der Waals surface area contributed by atoms with Gasteiger partial charge in [-0.2, -0.15) is 0 Å². The molecule has 0 amide bonds. The molecule has 5 saturated carbocycles. The van der Waals surface area contributed by atoms with Crippen molar-refractivity contribution in [2.45, 2.75) is 84.0 Å². The first-order valence-electron chi connectivity index (χ1n) is 11.9. The lowest BCUT2D eigenvalue weighted by atomic mass is 9.56. The fourth-order valence-electron chi connectivity index (χ4n) is 9.77. The third kappa shape index (κ3) is 2.24. The quantitative estimate of drug-likeness (QED) is 0.483. The van der Waals surface area contributed by atoms with E-state index in [1.807, 2.05) is 0 Å². The number of allylic oxidation sites excluding steroid dienone is 2. The molecule has 9 unspecified atom stereocenters. The average molecular weight is 339 g/mol. The van der Waals surface area contributed by atoms with E-state index < -0.39 is 0 Å². The summed E-state index contributed by atoms with van der Waals surface area (Å²) in [4.78, 5) is 0. The number of hydrogen-bond acceptors (Lipinski definition) is 0. The Balaban J connectivity index is 1.20. The Hall–Kier alpha value is -0.260. The Morgan fingerprint density at radius 3 is 2.32 bits per heavy atom. The fourth-order valence-corrected chi connectivity index (χ4v) is 9.77. The number of fused-ring (bicyclic) bond motifs is 6. The molecule has 0 aliphatic heterocycles. The van der Waals surface area contributed by atoms with E-state index in [0.29, 0.717) is 0 Å². The second-order valence-electron chi connectivity index (χ2n) is 11.5. The molecular weight excluding hydrogens is 300 g/mol. The SMILES string of the molecule is CC1C=CC(C2CC3CC2C2(C3)CC3CC2CC3C2CCCCC2)C1. The first-order chi connectivity index (χ1) is 12.2. The second-order valence-corrected chi connectivity index (χ2v) is 11.5. The summed E-state index contributed by atoms with van der Waals surface area (Å²) in [6.45, 7) is 2.44. The minimum Gasteiger partial charge on any atom is -0.0854 e. The number of hydrogen-bond donors (Lipinski definition) is 0. The van der Waals surface area contributed by atoms with Crippen LogP contribution >= 0.6 is 0 Å². The predicted molar refractivity (Wildman–Crippen MR) is 104 cm³/mol. The highest BCUT2D eigenvalue weighted by atomic mass is 14.7. The summed E-state index contributed by atoms with van der Waals surface area (Å²) in [5, 5.41) is 0. The summed E-state index contributed by atoms with van der Waals surface area (Å²) in [7, 11) is 0. The van der Waals surface area contributed by atoms with Crippen molar-refractivity contribution in [2.24, 2.45) is 58.7 Å². The summed E-state index contributed by atoms with van der Waals surface area (Å²) < 4.78 is 0. The van der Waals surface area contributed by atoms with Gasteiger partial charge >= 0.3 is 0 Å². The Bertz CT molecular complexity index is 554. The third-order valence-corrected chi connectivity index (χ3v) is 10.5. The minimum absolute atomic E-state index is 0.836. The van der Waals surface area contributed by atoms with E-state index in [-0.39, 0.29) is 0 Å². The molecule has 0 aromatic rings. The van der Waals surface area contributed by atoms with Crippen LogP contribution in [0.1, 0.15) is 84.0 Å². The van der Waals surface area contributed by atoms with Crippen LogP contribution in [0.25, 0.3) is 0 Å². The molecule has 0 nitrogen and oxygen atoms in total. The van der Waals surface area contributed by atoms with Crippen molar-refractivity contribution in [1.82, 2.24) is 0 Å². The van der Waals surface area contributed by atoms with E-state index in [9.17, 15) is 0 Å². The predicted octanol–water partition coefficient (Wildman–Crippen LogP) is 6.86. The van der Waals surface area contributed by atoms with Gasteiger partial charge in [-0.3, -0.25) is 0 Å². The maximum Gasteiger partial charge on any atom is -0.0197 e. The number of rotatable bonds is 2. The van der Waals surface area contributed by atoms with Crippen molar-refractivity contribution in [2.75, 3.05) is 0 Å². The molecule has 4 bridgehead atoms. The van der Waals surface area contributed by atoms with Gasteiger partial charge in [-0.1, -0.05) is 51.2 Å². The Labute approximate surface area is 155 Å². The average Bonchev–Trinajstić information content (AvgIpc) is 3.41. The van der Waals surface area contributed by atoms with E-state index in [1.165, 1.54) is 12.8 Å². The molecule has 0 saturated heterocycles. The molecular formula is C25H38. The minimum atomic E-state index is 0.836. The van der Waals surface area contributed by atoms with Crippen molar-refractivity contribution < 1.29 is 0 Å². The molecule has 1 spiro atoms. The zero-order valence-electron chi connectivity index (χ0n) is 16.3. The monoisotopic (exact) mass is 338 g/mol. The molecule has 0 heteroatoms. The lowest BCUT2D eigenvalue weighted by Gasteiger charge is -2.49. The molecule has 0 aromatic carbocycles. The molecule has 138 valence electrons. The lowest BCUT2D eigenvalue weighted by molar-refractivity contribution is 0.00287. The highest BCUT2D eigenvalue weighted by molar-refractivity contribution is 5.17. The van der Waals surface area contributed by atoms with Crippen molar-refractivity contribution in [3.8, 4) is 0 Å². The maximum absolute atomic E-state index is 2.64. The molecule has 0 N–H and O–H groups in total. The Kier molecular flexibility index (Phi) is 3.54. The van der Waals surface area contributed by atoms with Gasteiger partial charge in [0.05, 0.1) is 0 Å². The molecule has 0 aromatic heterocycles. The van der Waals surface area contributed by atoms with Crippen LogP contribution in [0, 0.1) is 58.7 Å². The normalized spacial score (nSPS) is 57.3. The summed E-state index contributed by atoms with van der Waals surface area (Å²) in [5.74, 6) is 9.70. The zero-order valence-corrected chi connectivity index (χ0v) is 16.3. The Morgan fingerprint density at radius 1 is 0.760 bits per heavy atom. The van der Waals surface area contributed by atoms with Gasteiger partial charge < -0.3 is 0 Å². The highest BCUT2D eigenvalue weighted by Crippen LogP contribution is 2.74. The molecule has 6 rings (SSSR count). The van der Waals surface area contributed by atoms with Crippen LogP contribution in [0.15, 0.2) is 12.2 Å². The van der Waals surface area contributed by atoms with Gasteiger partial charge in [-0.15, -0.1) is 0 Å². The van der Waals surface area contributed by atoms with E-state index in [4.69, 9.17) is 0 Å². The van der Waals surface area contributed by atoms with Crippen LogP contribution in [0.4, 0.5) is 0 Å². The lowest BCUT2D eigenvalue weighted by Crippen LogP contribution is -2.41. The third-order valence-electron chi connectivity index (χ3n) is 10.5. The molecule has 6 aliphatic rings. The zero-order chi connectivity index (χ0) is 16.6. The smallest absolute Gasteiger partial charge is 0.0197 e. The topological polar surface area (TPSA) is 0 Å². The van der Waals surface area contributed by atoms with E-state index in [0.717, 1.165) is 58.7 Å². The summed E-state index contributed by atoms with van der Waals surface area (Å²) in [5.41, 5.74) is 0.836. The van der Waals surface area contributed by atoms with Gasteiger partial charge in [-0.25, -0.2) is 0 Å². The van der Waals surface area contributed by atoms with Gasteiger partial charge in [0.15, 0.2) is 0 Å². The van der Waals surface area contributed by atoms with Crippen molar-refractivity contribution in [3.05, 3.63) is 12.2 Å². The standard InChI is InChI=1S/C25H38/c1-16-7-8-19(9-16)23-10-17-11-24(23)25(14-17)15-20-12-21(25)13-22(20)18-5-3-2-4-6-18/h7-8,16-24H,2-6,9-15H2,1H3. The van der Waals surface area contributed by atoms with Gasteiger partial charge in [0.1, 0.15) is 0 Å². The molecule has 0 heterocycles. The summed E-state index contributed by atoms with van der Waals surface area (Å²) in [6, 6.07) is 0. The van der Waals surface area contributed by atoms with E-state index in [1.54, 1.807) is 64.2 Å². The maximum atomic E-state index is 2.64. The van der Waals surface area contributed by atoms with Gasteiger partial charge in [0.25, 0.3) is 0 Å². The van der Waals surface area contributed by atoms with Crippen LogP contribution in [-0.4, -0.2) is 0 Å². The van der Waals surface area contributed by atoms with Crippen molar-refractivity contribution in [3.63, 3.8) is 0 Å². The van der Waals surface area contributed by atoms with Crippen molar-refractivity contribution in [1.29, 1.82) is 0 Å². The van der Waals surface area contributed by atoms with E-state index >= 15 is 0 Å². The largest absolute Gasteiger partial charge is 0.0854 e. The van der Waals surface area contributed by atoms with Gasteiger partial charge in [-0.05, 0) is 104 Å². The Morgan fingerprint density at radius 2 is 1.64 bits per heavy atom. The second kappa shape index (κ2) is 5.62. The van der Waals surface area contributed by atoms with Crippen molar-refractivity contribution >= 4 is 0 Å². The van der Waals surface area contributed by atoms with Crippen LogP contribution in [0.2, 0.25) is 0 Å². The van der Waals surface area contributed by atoms with Crippen LogP contribution in [0.3, 0.4) is 0 Å². The molecule has 6 aliphatic carbocycles. The fraction of sp³-hybridized carbons (Fsp3) is 0.920. The molecule has 0 radical (unpaired) electrons. The van der Waals surface area contributed by atoms with Crippen LogP contribution in [-0.2, 0) is 0 Å². The highest BCUT2D eigenvalue weighted by Gasteiger charge is 2.65. The van der Waals surface area contributed by atoms with Crippen LogP contribution < -0.4 is 0 Å². The van der Waals surface area contributed by atoms with Crippen LogP contribution in [0.5, 0.6) is 0 Å². The van der Waals surface area contributed by atoms with Gasteiger partial charge in [0, 0.05) is 0 Å². The molecule has 9 atom stereocenters. The summed E-state index contributed by atoms with van der Waals surface area (Å²) in [6.07, 6.45) is 24.3. The molecule has 25 heavy (non-hydrogen) atoms. The summed E-state index contributed by atoms with van der Waals surface area (Å²) >= 11 is 0.